The predicted molar refractivity (Wildman–Crippen MR) is 93.2 cm³/mol. The molecule has 1 atom stereocenters. The maximum Gasteiger partial charge on any atom is 0.280 e. The highest BCUT2D eigenvalue weighted by atomic mass is 35.5. The fraction of sp³-hybridized carbons (Fsp3) is 0.222. The lowest BCUT2D eigenvalue weighted by molar-refractivity contribution is -0.127. The second-order valence-corrected chi connectivity index (χ2v) is 5.68. The third kappa shape index (κ3) is 4.83. The van der Waals surface area contributed by atoms with Crippen LogP contribution in [0.15, 0.2) is 47.6 Å². The maximum absolute atomic E-state index is 12.0. The number of nitrogens with one attached hydrogen (secondary N) is 1. The van der Waals surface area contributed by atoms with Gasteiger partial charge in [-0.15, -0.1) is 0 Å². The number of ether oxygens (including phenoxy) is 1. The number of carbonyl (C=O) groups is 1. The SMILES string of the molecule is Cc1cccc(OC(C)C(=O)N/N=C/c2ccc(Cl)cc2)c1C. The van der Waals surface area contributed by atoms with Gasteiger partial charge in [-0.3, -0.25) is 4.79 Å². The number of rotatable bonds is 5. The number of hydrogen-bond donors (Lipinski definition) is 1. The van der Waals surface area contributed by atoms with Crippen LogP contribution < -0.4 is 10.2 Å². The van der Waals surface area contributed by atoms with E-state index in [1.54, 1.807) is 25.3 Å². The number of hydrazone groups is 1. The summed E-state index contributed by atoms with van der Waals surface area (Å²) in [6.45, 7) is 5.66. The van der Waals surface area contributed by atoms with Crippen LogP contribution in [0.5, 0.6) is 5.75 Å². The monoisotopic (exact) mass is 330 g/mol. The summed E-state index contributed by atoms with van der Waals surface area (Å²) >= 11 is 5.81. The summed E-state index contributed by atoms with van der Waals surface area (Å²) in [6.07, 6.45) is 0.914. The van der Waals surface area contributed by atoms with E-state index in [0.717, 1.165) is 16.7 Å². The molecule has 0 aliphatic rings. The van der Waals surface area contributed by atoms with Gasteiger partial charge in [0.15, 0.2) is 6.10 Å². The molecule has 1 amide bonds. The molecule has 1 N–H and O–H groups in total. The van der Waals surface area contributed by atoms with Gasteiger partial charge < -0.3 is 4.74 Å². The van der Waals surface area contributed by atoms with Crippen molar-refractivity contribution in [3.8, 4) is 5.75 Å². The first-order valence-corrected chi connectivity index (χ1v) is 7.66. The number of benzene rings is 2. The van der Waals surface area contributed by atoms with Gasteiger partial charge in [0.05, 0.1) is 6.21 Å². The van der Waals surface area contributed by atoms with Gasteiger partial charge in [-0.1, -0.05) is 35.9 Å². The number of halogens is 1. The highest BCUT2D eigenvalue weighted by molar-refractivity contribution is 6.30. The number of nitrogens with zero attached hydrogens (tertiary/aromatic N) is 1. The standard InChI is InChI=1S/C18H19ClN2O2/c1-12-5-4-6-17(13(12)2)23-14(3)18(22)21-20-11-15-7-9-16(19)10-8-15/h4-11,14H,1-3H3,(H,21,22)/b20-11+. The van der Waals surface area contributed by atoms with E-state index < -0.39 is 6.10 Å². The molecule has 0 aliphatic carbocycles. The van der Waals surface area contributed by atoms with Crippen LogP contribution in [0.25, 0.3) is 0 Å². The Kier molecular flexibility index (Phi) is 5.77. The first-order chi connectivity index (χ1) is 11.0. The summed E-state index contributed by atoms with van der Waals surface area (Å²) in [6, 6.07) is 12.9. The zero-order chi connectivity index (χ0) is 16.8. The molecule has 0 saturated carbocycles. The Morgan fingerprint density at radius 3 is 2.61 bits per heavy atom. The largest absolute Gasteiger partial charge is 0.481 e. The molecule has 4 nitrogen and oxygen atoms in total. The Morgan fingerprint density at radius 2 is 1.91 bits per heavy atom. The molecule has 120 valence electrons. The van der Waals surface area contributed by atoms with E-state index in [1.807, 2.05) is 44.2 Å². The number of hydrogen-bond acceptors (Lipinski definition) is 3. The lowest BCUT2D eigenvalue weighted by Crippen LogP contribution is -2.33. The van der Waals surface area contributed by atoms with Crippen molar-refractivity contribution in [2.75, 3.05) is 0 Å². The van der Waals surface area contributed by atoms with Gasteiger partial charge in [-0.25, -0.2) is 5.43 Å². The van der Waals surface area contributed by atoms with Crippen molar-refractivity contribution >= 4 is 23.7 Å². The molecular weight excluding hydrogens is 312 g/mol. The first-order valence-electron chi connectivity index (χ1n) is 7.28. The minimum absolute atomic E-state index is 0.309. The van der Waals surface area contributed by atoms with Gasteiger partial charge in [-0.05, 0) is 55.7 Å². The molecule has 0 radical (unpaired) electrons. The quantitative estimate of drug-likeness (QED) is 0.668. The summed E-state index contributed by atoms with van der Waals surface area (Å²) in [5.74, 6) is 0.394. The summed E-state index contributed by atoms with van der Waals surface area (Å²) < 4.78 is 5.70. The van der Waals surface area contributed by atoms with Crippen LogP contribution in [0.4, 0.5) is 0 Å². The molecule has 23 heavy (non-hydrogen) atoms. The van der Waals surface area contributed by atoms with Crippen LogP contribution >= 0.6 is 11.6 Å². The van der Waals surface area contributed by atoms with E-state index in [-0.39, 0.29) is 5.91 Å². The molecule has 0 aromatic heterocycles. The number of aryl methyl sites for hydroxylation is 1. The maximum atomic E-state index is 12.0. The molecule has 0 saturated heterocycles. The van der Waals surface area contributed by atoms with Crippen LogP contribution in [-0.4, -0.2) is 18.2 Å². The fourth-order valence-electron chi connectivity index (χ4n) is 1.91. The molecule has 0 aliphatic heterocycles. The average Bonchev–Trinajstić information content (AvgIpc) is 2.53. The van der Waals surface area contributed by atoms with Crippen molar-refractivity contribution in [3.63, 3.8) is 0 Å². The average molecular weight is 331 g/mol. The van der Waals surface area contributed by atoms with E-state index in [2.05, 4.69) is 10.5 Å². The topological polar surface area (TPSA) is 50.7 Å². The zero-order valence-corrected chi connectivity index (χ0v) is 14.1. The van der Waals surface area contributed by atoms with E-state index in [4.69, 9.17) is 16.3 Å². The van der Waals surface area contributed by atoms with Crippen molar-refractivity contribution in [1.29, 1.82) is 0 Å². The number of amides is 1. The zero-order valence-electron chi connectivity index (χ0n) is 13.3. The highest BCUT2D eigenvalue weighted by Gasteiger charge is 2.15. The molecule has 0 bridgehead atoms. The Bertz CT molecular complexity index is 711. The lowest BCUT2D eigenvalue weighted by Gasteiger charge is -2.15. The van der Waals surface area contributed by atoms with Gasteiger partial charge in [0.25, 0.3) is 5.91 Å². The molecule has 0 heterocycles. The Balaban J connectivity index is 1.92. The second kappa shape index (κ2) is 7.79. The predicted octanol–water partition coefficient (Wildman–Crippen LogP) is 3.87. The van der Waals surface area contributed by atoms with Crippen LogP contribution in [0.1, 0.15) is 23.6 Å². The van der Waals surface area contributed by atoms with Crippen LogP contribution in [-0.2, 0) is 4.79 Å². The second-order valence-electron chi connectivity index (χ2n) is 5.24. The molecule has 5 heteroatoms. The van der Waals surface area contributed by atoms with Crippen molar-refractivity contribution in [2.24, 2.45) is 5.10 Å². The molecule has 2 rings (SSSR count). The highest BCUT2D eigenvalue weighted by Crippen LogP contribution is 2.21. The van der Waals surface area contributed by atoms with Crippen molar-refractivity contribution in [1.82, 2.24) is 5.43 Å². The Labute approximate surface area is 141 Å². The van der Waals surface area contributed by atoms with E-state index >= 15 is 0 Å². The van der Waals surface area contributed by atoms with Gasteiger partial charge in [0, 0.05) is 5.02 Å². The summed E-state index contributed by atoms with van der Waals surface area (Å²) in [7, 11) is 0. The molecule has 2 aromatic carbocycles. The third-order valence-corrected chi connectivity index (χ3v) is 3.74. The van der Waals surface area contributed by atoms with Gasteiger partial charge in [0.2, 0.25) is 0 Å². The summed E-state index contributed by atoms with van der Waals surface area (Å²) in [5, 5.41) is 4.58. The summed E-state index contributed by atoms with van der Waals surface area (Å²) in [4.78, 5) is 12.0. The lowest BCUT2D eigenvalue weighted by atomic mass is 10.1. The fourth-order valence-corrected chi connectivity index (χ4v) is 2.03. The van der Waals surface area contributed by atoms with E-state index in [9.17, 15) is 4.79 Å². The molecular formula is C18H19ClN2O2. The first kappa shape index (κ1) is 17.0. The summed E-state index contributed by atoms with van der Waals surface area (Å²) in [5.41, 5.74) is 5.46. The van der Waals surface area contributed by atoms with E-state index in [1.165, 1.54) is 0 Å². The van der Waals surface area contributed by atoms with Gasteiger partial charge in [-0.2, -0.15) is 5.10 Å². The molecule has 0 fully saturated rings. The minimum atomic E-state index is -0.641. The Hall–Kier alpha value is -2.33. The van der Waals surface area contributed by atoms with Gasteiger partial charge in [0.1, 0.15) is 5.75 Å². The number of carbonyl (C=O) groups excluding carboxylic acids is 1. The smallest absolute Gasteiger partial charge is 0.280 e. The minimum Gasteiger partial charge on any atom is -0.481 e. The molecule has 1 unspecified atom stereocenters. The van der Waals surface area contributed by atoms with Gasteiger partial charge >= 0.3 is 0 Å². The van der Waals surface area contributed by atoms with Crippen molar-refractivity contribution < 1.29 is 9.53 Å². The normalized spacial score (nSPS) is 12.2. The van der Waals surface area contributed by atoms with Crippen LogP contribution in [0.3, 0.4) is 0 Å². The third-order valence-electron chi connectivity index (χ3n) is 3.49. The van der Waals surface area contributed by atoms with Crippen molar-refractivity contribution in [2.45, 2.75) is 26.9 Å². The van der Waals surface area contributed by atoms with E-state index in [0.29, 0.717) is 10.8 Å². The Morgan fingerprint density at radius 1 is 1.22 bits per heavy atom. The molecule has 2 aromatic rings. The van der Waals surface area contributed by atoms with Crippen LogP contribution in [0, 0.1) is 13.8 Å². The van der Waals surface area contributed by atoms with Crippen LogP contribution in [0.2, 0.25) is 5.02 Å². The van der Waals surface area contributed by atoms with Crippen molar-refractivity contribution in [3.05, 3.63) is 64.2 Å². The molecule has 0 spiro atoms.